The summed E-state index contributed by atoms with van der Waals surface area (Å²) < 4.78 is 5.67. The topological polar surface area (TPSA) is 96.7 Å². The van der Waals surface area contributed by atoms with E-state index in [4.69, 9.17) is 4.74 Å². The molecular weight excluding hydrogens is 418 g/mol. The fraction of sp³-hybridized carbons (Fsp3) is 0.593. The van der Waals surface area contributed by atoms with Gasteiger partial charge in [0.1, 0.15) is 11.9 Å². The minimum absolute atomic E-state index is 0.0438. The van der Waals surface area contributed by atoms with Crippen LogP contribution in [-0.2, 0) is 14.3 Å². The minimum Gasteiger partial charge on any atom is -0.458 e. The number of carbonyl (C=O) groups is 2. The van der Waals surface area contributed by atoms with Gasteiger partial charge in [-0.15, -0.1) is 0 Å². The van der Waals surface area contributed by atoms with Crippen molar-refractivity contribution in [1.82, 2.24) is 4.98 Å². The summed E-state index contributed by atoms with van der Waals surface area (Å²) in [4.78, 5) is 29.9. The Kier molecular flexibility index (Phi) is 9.99. The second kappa shape index (κ2) is 12.2. The zero-order chi connectivity index (χ0) is 24.6. The van der Waals surface area contributed by atoms with Crippen molar-refractivity contribution >= 4 is 17.8 Å². The van der Waals surface area contributed by atoms with Gasteiger partial charge in [0.25, 0.3) is 0 Å². The van der Waals surface area contributed by atoms with E-state index in [0.29, 0.717) is 6.42 Å². The third-order valence-electron chi connectivity index (χ3n) is 6.74. The third kappa shape index (κ3) is 7.90. The molecule has 0 radical (unpaired) electrons. The predicted octanol–water partition coefficient (Wildman–Crippen LogP) is 4.51. The van der Waals surface area contributed by atoms with Crippen LogP contribution in [0.3, 0.4) is 0 Å². The molecule has 0 aliphatic carbocycles. The lowest BCUT2D eigenvalue weighted by atomic mass is 9.73. The smallest absolute Gasteiger partial charge is 0.309 e. The van der Waals surface area contributed by atoms with Crippen LogP contribution in [0.4, 0.5) is 0 Å². The van der Waals surface area contributed by atoms with Gasteiger partial charge in [-0.1, -0.05) is 51.5 Å². The number of aromatic nitrogens is 1. The highest BCUT2D eigenvalue weighted by atomic mass is 16.5. The highest BCUT2D eigenvalue weighted by Gasteiger charge is 2.42. The lowest BCUT2D eigenvalue weighted by molar-refractivity contribution is -0.153. The summed E-state index contributed by atoms with van der Waals surface area (Å²) in [5, 5.41) is 21.5. The molecule has 1 unspecified atom stereocenters. The van der Waals surface area contributed by atoms with Crippen molar-refractivity contribution in [1.29, 1.82) is 0 Å². The number of rotatable bonds is 2. The summed E-state index contributed by atoms with van der Waals surface area (Å²) in [5.74, 6) is -1.50. The Labute approximate surface area is 197 Å². The Hall–Kier alpha value is -2.31. The maximum atomic E-state index is 13.1. The second-order valence-corrected chi connectivity index (χ2v) is 9.91. The first kappa shape index (κ1) is 26.9. The van der Waals surface area contributed by atoms with Crippen LogP contribution in [0.5, 0.6) is 0 Å². The number of ketones is 1. The van der Waals surface area contributed by atoms with Gasteiger partial charge < -0.3 is 14.9 Å². The van der Waals surface area contributed by atoms with Crippen molar-refractivity contribution < 1.29 is 24.5 Å². The van der Waals surface area contributed by atoms with Crippen molar-refractivity contribution in [2.45, 2.75) is 85.0 Å². The summed E-state index contributed by atoms with van der Waals surface area (Å²) in [6.45, 7) is 8.94. The summed E-state index contributed by atoms with van der Waals surface area (Å²) in [6, 6.07) is 3.75. The molecule has 5 atom stereocenters. The van der Waals surface area contributed by atoms with Crippen LogP contribution < -0.4 is 0 Å². The Bertz CT molecular complexity index is 845. The second-order valence-electron chi connectivity index (χ2n) is 9.91. The molecule has 1 aromatic rings. The van der Waals surface area contributed by atoms with Gasteiger partial charge in [-0.2, -0.15) is 0 Å². The maximum absolute atomic E-state index is 13.1. The van der Waals surface area contributed by atoms with Crippen LogP contribution >= 0.6 is 0 Å². The molecule has 2 N–H and O–H groups in total. The molecule has 0 bridgehead atoms. The molecule has 1 aliphatic heterocycles. The maximum Gasteiger partial charge on any atom is 0.309 e. The number of hydrogen-bond acceptors (Lipinski definition) is 6. The van der Waals surface area contributed by atoms with Crippen LogP contribution in [0, 0.1) is 17.3 Å². The lowest BCUT2D eigenvalue weighted by Crippen LogP contribution is -2.45. The van der Waals surface area contributed by atoms with Crippen LogP contribution in [0.25, 0.3) is 6.08 Å². The zero-order valence-electron chi connectivity index (χ0n) is 20.5. The molecule has 182 valence electrons. The van der Waals surface area contributed by atoms with E-state index in [1.165, 1.54) is 5.57 Å². The Morgan fingerprint density at radius 1 is 1.21 bits per heavy atom. The molecule has 0 aromatic carbocycles. The predicted molar refractivity (Wildman–Crippen MR) is 129 cm³/mol. The first-order valence-corrected chi connectivity index (χ1v) is 11.9. The molecule has 1 aromatic heterocycles. The largest absolute Gasteiger partial charge is 0.458 e. The highest BCUT2D eigenvalue weighted by Crippen LogP contribution is 2.32. The number of cyclic esters (lactones) is 1. The average molecular weight is 458 g/mol. The SMILES string of the molecule is C/C1=C/CC(C=Cc2cccnc2)OC(=O)C[C@H](O)C(C)(C)C(=O)[C@H](C)[C@@H](O)[C@@H](C)CCC1. The average Bonchev–Trinajstić information content (AvgIpc) is 2.79. The standard InChI is InChI=1S/C27H39NO5/c1-18-8-6-9-19(2)25(31)20(3)26(32)27(4,5)23(29)16-24(30)33-22(13-11-18)14-12-21-10-7-15-28-17-21/h7,10-12,14-15,17,19-20,22-23,25,29,31H,6,8-9,13,16H2,1-5H3/b14-12?,18-11-/t19-,20+,22?,23-,25-/m0/s1. The normalized spacial score (nSPS) is 32.2. The monoisotopic (exact) mass is 457 g/mol. The molecular formula is C27H39NO5. The van der Waals surface area contributed by atoms with E-state index in [1.54, 1.807) is 33.2 Å². The van der Waals surface area contributed by atoms with Crippen molar-refractivity contribution in [2.75, 3.05) is 0 Å². The number of esters is 1. The summed E-state index contributed by atoms with van der Waals surface area (Å²) in [5.41, 5.74) is 0.896. The van der Waals surface area contributed by atoms with Crippen molar-refractivity contribution in [2.24, 2.45) is 17.3 Å². The Balaban J connectivity index is 2.27. The first-order valence-electron chi connectivity index (χ1n) is 11.9. The van der Waals surface area contributed by atoms with Crippen LogP contribution in [0.2, 0.25) is 0 Å². The molecule has 0 fully saturated rings. The van der Waals surface area contributed by atoms with E-state index >= 15 is 0 Å². The number of aliphatic hydroxyl groups excluding tert-OH is 2. The summed E-state index contributed by atoms with van der Waals surface area (Å²) in [7, 11) is 0. The first-order chi connectivity index (χ1) is 15.5. The minimum atomic E-state index is -1.21. The quantitative estimate of drug-likeness (QED) is 0.501. The van der Waals surface area contributed by atoms with Gasteiger partial charge in [0.2, 0.25) is 0 Å². The zero-order valence-corrected chi connectivity index (χ0v) is 20.5. The number of carbonyl (C=O) groups excluding carboxylic acids is 2. The molecule has 0 saturated carbocycles. The van der Waals surface area contributed by atoms with Gasteiger partial charge in [0.15, 0.2) is 0 Å². The fourth-order valence-electron chi connectivity index (χ4n) is 4.18. The molecule has 0 spiro atoms. The number of aliphatic hydroxyl groups is 2. The molecule has 2 rings (SSSR count). The lowest BCUT2D eigenvalue weighted by Gasteiger charge is -2.34. The van der Waals surface area contributed by atoms with Crippen LogP contribution in [-0.4, -0.2) is 45.3 Å². The molecule has 0 saturated heterocycles. The Morgan fingerprint density at radius 3 is 2.61 bits per heavy atom. The number of allylic oxidation sites excluding steroid dienone is 1. The molecule has 6 heteroatoms. The number of Topliss-reactive ketones (excluding diaryl/α,β-unsaturated/α-hetero) is 1. The number of hydrogen-bond donors (Lipinski definition) is 2. The van der Waals surface area contributed by atoms with Gasteiger partial charge in [-0.3, -0.25) is 14.6 Å². The van der Waals surface area contributed by atoms with E-state index in [1.807, 2.05) is 38.1 Å². The number of pyridine rings is 1. The summed E-state index contributed by atoms with van der Waals surface area (Å²) in [6.07, 6.45) is 9.46. The van der Waals surface area contributed by atoms with Crippen molar-refractivity contribution in [3.63, 3.8) is 0 Å². The van der Waals surface area contributed by atoms with E-state index in [2.05, 4.69) is 11.1 Å². The van der Waals surface area contributed by atoms with Gasteiger partial charge in [0.05, 0.1) is 24.0 Å². The van der Waals surface area contributed by atoms with Crippen molar-refractivity contribution in [3.8, 4) is 0 Å². The Morgan fingerprint density at radius 2 is 1.94 bits per heavy atom. The molecule has 1 aliphatic rings. The van der Waals surface area contributed by atoms with Crippen LogP contribution in [0.1, 0.15) is 72.3 Å². The molecule has 6 nitrogen and oxygen atoms in total. The third-order valence-corrected chi connectivity index (χ3v) is 6.74. The molecule has 2 heterocycles. The van der Waals surface area contributed by atoms with Crippen LogP contribution in [0.15, 0.2) is 42.3 Å². The number of nitrogens with zero attached hydrogens (tertiary/aromatic N) is 1. The summed E-state index contributed by atoms with van der Waals surface area (Å²) >= 11 is 0. The van der Waals surface area contributed by atoms with E-state index < -0.39 is 35.6 Å². The van der Waals surface area contributed by atoms with Gasteiger partial charge in [-0.25, -0.2) is 0 Å². The highest BCUT2D eigenvalue weighted by molar-refractivity contribution is 5.88. The van der Waals surface area contributed by atoms with Crippen molar-refractivity contribution in [3.05, 3.63) is 47.8 Å². The van der Waals surface area contributed by atoms with Gasteiger partial charge in [0, 0.05) is 24.7 Å². The molecule has 0 amide bonds. The van der Waals surface area contributed by atoms with E-state index in [-0.39, 0.29) is 18.1 Å². The van der Waals surface area contributed by atoms with E-state index in [9.17, 15) is 19.8 Å². The number of ether oxygens (including phenoxy) is 1. The fourth-order valence-corrected chi connectivity index (χ4v) is 4.18. The van der Waals surface area contributed by atoms with Gasteiger partial charge in [-0.05, 0) is 49.8 Å². The van der Waals surface area contributed by atoms with E-state index in [0.717, 1.165) is 24.8 Å². The van der Waals surface area contributed by atoms with Gasteiger partial charge >= 0.3 is 5.97 Å². The molecule has 33 heavy (non-hydrogen) atoms.